The highest BCUT2D eigenvalue weighted by atomic mass is 35.5. The van der Waals surface area contributed by atoms with Gasteiger partial charge in [-0.1, -0.05) is 11.6 Å². The maximum Gasteiger partial charge on any atom is 0.339 e. The number of nitrogens with zero attached hydrogens (tertiary/aromatic N) is 1. The molecular weight excluding hydrogens is 328 g/mol. The number of halogens is 1. The van der Waals surface area contributed by atoms with Gasteiger partial charge in [-0.25, -0.2) is 13.2 Å². The van der Waals surface area contributed by atoms with Gasteiger partial charge in [0.15, 0.2) is 0 Å². The van der Waals surface area contributed by atoms with Gasteiger partial charge in [-0.2, -0.15) is 4.31 Å². The Morgan fingerprint density at radius 3 is 2.73 bits per heavy atom. The number of sulfonamides is 1. The molecule has 1 aromatic carbocycles. The standard InChI is InChI=1S/C14H19ClN2O4S/c1-9-10(2)17(7-6-16-9)22(19,20)13-5-4-11(15)8-12(13)14(18)21-3/h4-5,8-10,16H,6-7H2,1-3H3. The monoisotopic (exact) mass is 346 g/mol. The molecule has 1 aromatic rings. The van der Waals surface area contributed by atoms with Crippen LogP contribution in [0.5, 0.6) is 0 Å². The third-order valence-electron chi connectivity index (χ3n) is 3.91. The Balaban J connectivity index is 2.52. The highest BCUT2D eigenvalue weighted by Crippen LogP contribution is 2.27. The zero-order valence-corrected chi connectivity index (χ0v) is 14.2. The first-order chi connectivity index (χ1) is 10.3. The fourth-order valence-corrected chi connectivity index (χ4v) is 4.52. The summed E-state index contributed by atoms with van der Waals surface area (Å²) < 4.78 is 32.0. The molecule has 2 rings (SSSR count). The van der Waals surface area contributed by atoms with Crippen molar-refractivity contribution in [1.29, 1.82) is 0 Å². The minimum absolute atomic E-state index is 0.0254. The molecule has 0 aliphatic carbocycles. The molecule has 0 spiro atoms. The second-order valence-electron chi connectivity index (χ2n) is 5.23. The Kier molecular flexibility index (Phi) is 5.11. The van der Waals surface area contributed by atoms with Gasteiger partial charge in [0.25, 0.3) is 0 Å². The number of carbonyl (C=O) groups excluding carboxylic acids is 1. The van der Waals surface area contributed by atoms with E-state index in [0.29, 0.717) is 13.1 Å². The van der Waals surface area contributed by atoms with Crippen LogP contribution in [0.2, 0.25) is 5.02 Å². The zero-order chi connectivity index (χ0) is 16.5. The van der Waals surface area contributed by atoms with E-state index < -0.39 is 16.0 Å². The first-order valence-corrected chi connectivity index (χ1v) is 8.74. The van der Waals surface area contributed by atoms with E-state index in [1.54, 1.807) is 0 Å². The van der Waals surface area contributed by atoms with Gasteiger partial charge in [0, 0.05) is 30.2 Å². The predicted octanol–water partition coefficient (Wildman–Crippen LogP) is 1.50. The summed E-state index contributed by atoms with van der Waals surface area (Å²) in [4.78, 5) is 11.8. The van der Waals surface area contributed by atoms with E-state index in [1.165, 1.54) is 29.6 Å². The minimum atomic E-state index is -3.81. The van der Waals surface area contributed by atoms with Gasteiger partial charge in [0.2, 0.25) is 10.0 Å². The van der Waals surface area contributed by atoms with E-state index in [-0.39, 0.29) is 27.6 Å². The number of rotatable bonds is 3. The predicted molar refractivity (Wildman–Crippen MR) is 83.6 cm³/mol. The van der Waals surface area contributed by atoms with Crippen LogP contribution in [0, 0.1) is 0 Å². The van der Waals surface area contributed by atoms with Crippen molar-refractivity contribution >= 4 is 27.6 Å². The molecule has 122 valence electrons. The van der Waals surface area contributed by atoms with E-state index in [4.69, 9.17) is 11.6 Å². The summed E-state index contributed by atoms with van der Waals surface area (Å²) in [5.74, 6) is -0.725. The SMILES string of the molecule is COC(=O)c1cc(Cl)ccc1S(=O)(=O)N1CCNC(C)C1C. The normalized spacial score (nSPS) is 23.3. The quantitative estimate of drug-likeness (QED) is 0.839. The molecule has 6 nitrogen and oxygen atoms in total. The maximum atomic E-state index is 12.9. The summed E-state index contributed by atoms with van der Waals surface area (Å²) in [6.45, 7) is 4.67. The van der Waals surface area contributed by atoms with Crippen LogP contribution in [-0.2, 0) is 14.8 Å². The van der Waals surface area contributed by atoms with Crippen molar-refractivity contribution in [2.45, 2.75) is 30.8 Å². The van der Waals surface area contributed by atoms with Crippen LogP contribution < -0.4 is 5.32 Å². The van der Waals surface area contributed by atoms with Gasteiger partial charge < -0.3 is 10.1 Å². The Bertz CT molecular complexity index is 677. The lowest BCUT2D eigenvalue weighted by Crippen LogP contribution is -2.57. The number of esters is 1. The van der Waals surface area contributed by atoms with E-state index in [1.807, 2.05) is 13.8 Å². The average Bonchev–Trinajstić information content (AvgIpc) is 2.48. The van der Waals surface area contributed by atoms with E-state index in [2.05, 4.69) is 10.1 Å². The van der Waals surface area contributed by atoms with Gasteiger partial charge in [-0.05, 0) is 32.0 Å². The largest absolute Gasteiger partial charge is 0.465 e. The van der Waals surface area contributed by atoms with Crippen molar-refractivity contribution in [1.82, 2.24) is 9.62 Å². The van der Waals surface area contributed by atoms with Crippen molar-refractivity contribution in [2.75, 3.05) is 20.2 Å². The molecule has 0 radical (unpaired) electrons. The van der Waals surface area contributed by atoms with Crippen molar-refractivity contribution in [3.05, 3.63) is 28.8 Å². The van der Waals surface area contributed by atoms with Crippen molar-refractivity contribution in [3.8, 4) is 0 Å². The number of piperazine rings is 1. The third-order valence-corrected chi connectivity index (χ3v) is 6.19. The van der Waals surface area contributed by atoms with Gasteiger partial charge in [0.05, 0.1) is 17.6 Å². The lowest BCUT2D eigenvalue weighted by Gasteiger charge is -2.37. The molecule has 1 N–H and O–H groups in total. The first kappa shape index (κ1) is 17.2. The Hall–Kier alpha value is -1.15. The lowest BCUT2D eigenvalue weighted by molar-refractivity contribution is 0.0596. The average molecular weight is 347 g/mol. The summed E-state index contributed by atoms with van der Waals surface area (Å²) in [5, 5.41) is 3.50. The van der Waals surface area contributed by atoms with E-state index in [0.717, 1.165) is 0 Å². The smallest absolute Gasteiger partial charge is 0.339 e. The number of ether oxygens (including phenoxy) is 1. The van der Waals surface area contributed by atoms with Crippen LogP contribution in [0.15, 0.2) is 23.1 Å². The fourth-order valence-electron chi connectivity index (χ4n) is 2.49. The van der Waals surface area contributed by atoms with Gasteiger partial charge >= 0.3 is 5.97 Å². The zero-order valence-electron chi connectivity index (χ0n) is 12.7. The van der Waals surface area contributed by atoms with Gasteiger partial charge in [-0.3, -0.25) is 0 Å². The number of hydrogen-bond acceptors (Lipinski definition) is 5. The summed E-state index contributed by atoms with van der Waals surface area (Å²) in [7, 11) is -2.61. The highest BCUT2D eigenvalue weighted by molar-refractivity contribution is 7.89. The summed E-state index contributed by atoms with van der Waals surface area (Å²) in [6, 6.07) is 3.93. The van der Waals surface area contributed by atoms with Crippen molar-refractivity contribution in [2.24, 2.45) is 0 Å². The first-order valence-electron chi connectivity index (χ1n) is 6.92. The van der Waals surface area contributed by atoms with Gasteiger partial charge in [-0.15, -0.1) is 0 Å². The highest BCUT2D eigenvalue weighted by Gasteiger charge is 2.36. The summed E-state index contributed by atoms with van der Waals surface area (Å²) in [5.41, 5.74) is -0.0478. The molecule has 0 amide bonds. The molecule has 1 heterocycles. The second-order valence-corrected chi connectivity index (χ2v) is 7.53. The van der Waals surface area contributed by atoms with Crippen LogP contribution in [-0.4, -0.2) is 51.0 Å². The number of benzene rings is 1. The molecule has 2 atom stereocenters. The van der Waals surface area contributed by atoms with Crippen LogP contribution >= 0.6 is 11.6 Å². The van der Waals surface area contributed by atoms with Gasteiger partial charge in [0.1, 0.15) is 0 Å². The topological polar surface area (TPSA) is 75.7 Å². The Morgan fingerprint density at radius 1 is 1.41 bits per heavy atom. The molecule has 2 unspecified atom stereocenters. The molecule has 0 aromatic heterocycles. The molecule has 1 aliphatic heterocycles. The number of hydrogen-bond donors (Lipinski definition) is 1. The maximum absolute atomic E-state index is 12.9. The lowest BCUT2D eigenvalue weighted by atomic mass is 10.1. The molecule has 0 bridgehead atoms. The van der Waals surface area contributed by atoms with Crippen LogP contribution in [0.25, 0.3) is 0 Å². The van der Waals surface area contributed by atoms with Crippen molar-refractivity contribution in [3.63, 3.8) is 0 Å². The third kappa shape index (κ3) is 3.12. The van der Waals surface area contributed by atoms with E-state index in [9.17, 15) is 13.2 Å². The second kappa shape index (κ2) is 6.54. The Labute approximate surface area is 135 Å². The molecule has 1 fully saturated rings. The molecule has 0 saturated carbocycles. The number of nitrogens with one attached hydrogen (secondary N) is 1. The molecule has 1 aliphatic rings. The molecular formula is C14H19ClN2O4S. The van der Waals surface area contributed by atoms with Crippen molar-refractivity contribution < 1.29 is 17.9 Å². The molecule has 1 saturated heterocycles. The molecule has 8 heteroatoms. The summed E-state index contributed by atoms with van der Waals surface area (Å²) >= 11 is 5.88. The van der Waals surface area contributed by atoms with Crippen LogP contribution in [0.1, 0.15) is 24.2 Å². The summed E-state index contributed by atoms with van der Waals surface area (Å²) in [6.07, 6.45) is 0. The fraction of sp³-hybridized carbons (Fsp3) is 0.500. The van der Waals surface area contributed by atoms with Crippen LogP contribution in [0.4, 0.5) is 0 Å². The number of carbonyl (C=O) groups is 1. The van der Waals surface area contributed by atoms with E-state index >= 15 is 0 Å². The molecule has 22 heavy (non-hydrogen) atoms. The Morgan fingerprint density at radius 2 is 2.09 bits per heavy atom. The minimum Gasteiger partial charge on any atom is -0.465 e. The number of methoxy groups -OCH3 is 1. The van der Waals surface area contributed by atoms with Crippen LogP contribution in [0.3, 0.4) is 0 Å².